The average Bonchev–Trinajstić information content (AvgIpc) is 2.55. The molecule has 0 bridgehead atoms. The molecule has 1 saturated heterocycles. The molecule has 0 aromatic heterocycles. The molecule has 16 heavy (non-hydrogen) atoms. The third-order valence-electron chi connectivity index (χ3n) is 3.96. The van der Waals surface area contributed by atoms with Gasteiger partial charge in [0.15, 0.2) is 0 Å². The summed E-state index contributed by atoms with van der Waals surface area (Å²) in [7, 11) is 0. The van der Waals surface area contributed by atoms with Gasteiger partial charge in [-0.2, -0.15) is 0 Å². The molecule has 96 valence electrons. The second kappa shape index (κ2) is 7.29. The van der Waals surface area contributed by atoms with Gasteiger partial charge in [-0.05, 0) is 44.3 Å². The lowest BCUT2D eigenvalue weighted by Crippen LogP contribution is -2.42. The predicted octanol–water partition coefficient (Wildman–Crippen LogP) is 2.89. The van der Waals surface area contributed by atoms with E-state index in [9.17, 15) is 0 Å². The number of nitrogens with zero attached hydrogens (tertiary/aromatic N) is 1. The molecule has 1 fully saturated rings. The van der Waals surface area contributed by atoms with E-state index in [-0.39, 0.29) is 0 Å². The zero-order valence-electron chi connectivity index (χ0n) is 11.5. The first-order valence-corrected chi connectivity index (χ1v) is 7.13. The van der Waals surface area contributed by atoms with Crippen LogP contribution in [-0.2, 0) is 0 Å². The summed E-state index contributed by atoms with van der Waals surface area (Å²) in [6.45, 7) is 13.1. The van der Waals surface area contributed by atoms with Gasteiger partial charge in [-0.25, -0.2) is 0 Å². The summed E-state index contributed by atoms with van der Waals surface area (Å²) in [5.74, 6) is 0. The normalized spacial score (nSPS) is 22.7. The van der Waals surface area contributed by atoms with E-state index in [0.717, 1.165) is 13.1 Å². The SMILES string of the molecule is CCNCC(C)(CC)CN1CCCCCC1. The van der Waals surface area contributed by atoms with Gasteiger partial charge in [-0.3, -0.25) is 0 Å². The Morgan fingerprint density at radius 1 is 1.06 bits per heavy atom. The van der Waals surface area contributed by atoms with Crippen molar-refractivity contribution in [1.29, 1.82) is 0 Å². The first-order valence-electron chi connectivity index (χ1n) is 7.13. The van der Waals surface area contributed by atoms with Crippen LogP contribution < -0.4 is 5.32 Å². The fraction of sp³-hybridized carbons (Fsp3) is 1.00. The van der Waals surface area contributed by atoms with Gasteiger partial charge < -0.3 is 10.2 Å². The van der Waals surface area contributed by atoms with E-state index in [2.05, 4.69) is 31.0 Å². The van der Waals surface area contributed by atoms with Crippen molar-refractivity contribution in [1.82, 2.24) is 10.2 Å². The summed E-state index contributed by atoms with van der Waals surface area (Å²) >= 11 is 0. The standard InChI is InChI=1S/C14H30N2/c1-4-14(3,12-15-5-2)13-16-10-8-6-7-9-11-16/h15H,4-13H2,1-3H3. The molecule has 1 rings (SSSR count). The minimum Gasteiger partial charge on any atom is -0.316 e. The van der Waals surface area contributed by atoms with Gasteiger partial charge in [0, 0.05) is 13.1 Å². The first kappa shape index (κ1) is 14.0. The lowest BCUT2D eigenvalue weighted by atomic mass is 9.86. The molecule has 0 aromatic carbocycles. The highest BCUT2D eigenvalue weighted by molar-refractivity contribution is 4.80. The van der Waals surface area contributed by atoms with Crippen molar-refractivity contribution in [2.45, 2.75) is 52.9 Å². The Kier molecular flexibility index (Phi) is 6.37. The lowest BCUT2D eigenvalue weighted by Gasteiger charge is -2.34. The van der Waals surface area contributed by atoms with Crippen LogP contribution in [0.1, 0.15) is 52.9 Å². The highest BCUT2D eigenvalue weighted by atomic mass is 15.1. The van der Waals surface area contributed by atoms with Gasteiger partial charge in [0.2, 0.25) is 0 Å². The molecule has 0 aromatic rings. The molecule has 0 aliphatic carbocycles. The Morgan fingerprint density at radius 3 is 2.19 bits per heavy atom. The molecule has 1 unspecified atom stereocenters. The molecular weight excluding hydrogens is 196 g/mol. The van der Waals surface area contributed by atoms with Crippen LogP contribution in [0.2, 0.25) is 0 Å². The van der Waals surface area contributed by atoms with E-state index in [0.29, 0.717) is 5.41 Å². The van der Waals surface area contributed by atoms with Crippen molar-refractivity contribution >= 4 is 0 Å². The Morgan fingerprint density at radius 2 is 1.69 bits per heavy atom. The second-order valence-corrected chi connectivity index (χ2v) is 5.63. The topological polar surface area (TPSA) is 15.3 Å². The minimum absolute atomic E-state index is 0.459. The summed E-state index contributed by atoms with van der Waals surface area (Å²) in [6, 6.07) is 0. The first-order chi connectivity index (χ1) is 7.70. The van der Waals surface area contributed by atoms with Gasteiger partial charge in [-0.15, -0.1) is 0 Å². The monoisotopic (exact) mass is 226 g/mol. The highest BCUT2D eigenvalue weighted by Gasteiger charge is 2.25. The number of hydrogen-bond acceptors (Lipinski definition) is 2. The fourth-order valence-electron chi connectivity index (χ4n) is 2.55. The summed E-state index contributed by atoms with van der Waals surface area (Å²) in [5, 5.41) is 3.52. The van der Waals surface area contributed by atoms with E-state index in [1.165, 1.54) is 51.7 Å². The average molecular weight is 226 g/mol. The molecule has 2 heteroatoms. The van der Waals surface area contributed by atoms with Crippen LogP contribution in [-0.4, -0.2) is 37.6 Å². The summed E-state index contributed by atoms with van der Waals surface area (Å²) in [4.78, 5) is 2.69. The molecule has 0 radical (unpaired) electrons. The zero-order valence-corrected chi connectivity index (χ0v) is 11.5. The van der Waals surface area contributed by atoms with Crippen molar-refractivity contribution < 1.29 is 0 Å². The van der Waals surface area contributed by atoms with Crippen LogP contribution in [0.15, 0.2) is 0 Å². The fourth-order valence-corrected chi connectivity index (χ4v) is 2.55. The Labute approximate surface area is 102 Å². The van der Waals surface area contributed by atoms with Crippen molar-refractivity contribution in [2.75, 3.05) is 32.7 Å². The van der Waals surface area contributed by atoms with E-state index >= 15 is 0 Å². The van der Waals surface area contributed by atoms with Gasteiger partial charge in [0.25, 0.3) is 0 Å². The van der Waals surface area contributed by atoms with Crippen molar-refractivity contribution in [2.24, 2.45) is 5.41 Å². The molecule has 1 atom stereocenters. The maximum Gasteiger partial charge on any atom is 0.00474 e. The quantitative estimate of drug-likeness (QED) is 0.749. The number of nitrogens with one attached hydrogen (secondary N) is 1. The number of hydrogen-bond donors (Lipinski definition) is 1. The molecule has 1 N–H and O–H groups in total. The Balaban J connectivity index is 2.40. The largest absolute Gasteiger partial charge is 0.316 e. The van der Waals surface area contributed by atoms with E-state index < -0.39 is 0 Å². The number of rotatable bonds is 6. The van der Waals surface area contributed by atoms with Gasteiger partial charge in [0.05, 0.1) is 0 Å². The second-order valence-electron chi connectivity index (χ2n) is 5.63. The van der Waals surface area contributed by atoms with Crippen LogP contribution in [0.4, 0.5) is 0 Å². The summed E-state index contributed by atoms with van der Waals surface area (Å²) in [5.41, 5.74) is 0.459. The molecule has 1 aliphatic rings. The van der Waals surface area contributed by atoms with Crippen LogP contribution in [0.5, 0.6) is 0 Å². The van der Waals surface area contributed by atoms with E-state index in [4.69, 9.17) is 0 Å². The molecular formula is C14H30N2. The van der Waals surface area contributed by atoms with Crippen LogP contribution >= 0.6 is 0 Å². The lowest BCUT2D eigenvalue weighted by molar-refractivity contribution is 0.159. The smallest absolute Gasteiger partial charge is 0.00474 e. The minimum atomic E-state index is 0.459. The Hall–Kier alpha value is -0.0800. The third kappa shape index (κ3) is 4.84. The molecule has 2 nitrogen and oxygen atoms in total. The summed E-state index contributed by atoms with van der Waals surface area (Å²) < 4.78 is 0. The van der Waals surface area contributed by atoms with Crippen molar-refractivity contribution in [3.63, 3.8) is 0 Å². The highest BCUT2D eigenvalue weighted by Crippen LogP contribution is 2.23. The molecule has 0 amide bonds. The van der Waals surface area contributed by atoms with Crippen molar-refractivity contribution in [3.05, 3.63) is 0 Å². The Bertz CT molecular complexity index is 174. The van der Waals surface area contributed by atoms with Crippen LogP contribution in [0.3, 0.4) is 0 Å². The molecule has 0 spiro atoms. The van der Waals surface area contributed by atoms with Crippen LogP contribution in [0.25, 0.3) is 0 Å². The van der Waals surface area contributed by atoms with E-state index in [1.54, 1.807) is 0 Å². The number of likely N-dealkylation sites (tertiary alicyclic amines) is 1. The molecule has 1 aliphatic heterocycles. The van der Waals surface area contributed by atoms with Gasteiger partial charge >= 0.3 is 0 Å². The third-order valence-corrected chi connectivity index (χ3v) is 3.96. The maximum atomic E-state index is 3.52. The molecule has 0 saturated carbocycles. The van der Waals surface area contributed by atoms with Gasteiger partial charge in [0.1, 0.15) is 0 Å². The van der Waals surface area contributed by atoms with Crippen LogP contribution in [0, 0.1) is 5.41 Å². The summed E-state index contributed by atoms with van der Waals surface area (Å²) in [6.07, 6.45) is 6.96. The predicted molar refractivity (Wildman–Crippen MR) is 71.8 cm³/mol. The van der Waals surface area contributed by atoms with Crippen molar-refractivity contribution in [3.8, 4) is 0 Å². The zero-order chi connectivity index (χ0) is 11.9. The van der Waals surface area contributed by atoms with Gasteiger partial charge in [-0.1, -0.05) is 33.6 Å². The molecule has 1 heterocycles. The maximum absolute atomic E-state index is 3.52. The van der Waals surface area contributed by atoms with E-state index in [1.807, 2.05) is 0 Å².